The molecule has 3 rings (SSSR count). The predicted molar refractivity (Wildman–Crippen MR) is 76.2 cm³/mol. The summed E-state index contributed by atoms with van der Waals surface area (Å²) in [5.74, 6) is 1.44. The Morgan fingerprint density at radius 1 is 1.16 bits per heavy atom. The second kappa shape index (κ2) is 5.48. The molecule has 0 amide bonds. The van der Waals surface area contributed by atoms with Crippen LogP contribution in [0.5, 0.6) is 0 Å². The van der Waals surface area contributed by atoms with Gasteiger partial charge in [-0.25, -0.2) is 4.98 Å². The van der Waals surface area contributed by atoms with E-state index in [9.17, 15) is 0 Å². The van der Waals surface area contributed by atoms with Crippen molar-refractivity contribution in [1.29, 1.82) is 0 Å². The zero-order valence-electron chi connectivity index (χ0n) is 11.2. The van der Waals surface area contributed by atoms with Crippen LogP contribution in [0.3, 0.4) is 0 Å². The quantitative estimate of drug-likeness (QED) is 0.902. The fraction of sp³-hybridized carbons (Fsp3) is 0.500. The third-order valence-corrected chi connectivity index (χ3v) is 3.68. The van der Waals surface area contributed by atoms with Gasteiger partial charge in [0.1, 0.15) is 5.52 Å². The molecule has 0 unspecified atom stereocenters. The summed E-state index contributed by atoms with van der Waals surface area (Å²) in [7, 11) is 2.05. The summed E-state index contributed by atoms with van der Waals surface area (Å²) < 4.78 is 0. The second-order valence-corrected chi connectivity index (χ2v) is 5.17. The fourth-order valence-electron chi connectivity index (χ4n) is 2.57. The summed E-state index contributed by atoms with van der Waals surface area (Å²) >= 11 is 0. The van der Waals surface area contributed by atoms with Crippen molar-refractivity contribution in [3.8, 4) is 0 Å². The van der Waals surface area contributed by atoms with Crippen LogP contribution in [-0.2, 0) is 0 Å². The number of para-hydroxylation sites is 1. The van der Waals surface area contributed by atoms with E-state index in [1.807, 2.05) is 31.3 Å². The van der Waals surface area contributed by atoms with E-state index in [2.05, 4.69) is 25.4 Å². The molecule has 19 heavy (non-hydrogen) atoms. The van der Waals surface area contributed by atoms with Crippen LogP contribution >= 0.6 is 0 Å². The van der Waals surface area contributed by atoms with Crippen LogP contribution < -0.4 is 10.2 Å². The van der Waals surface area contributed by atoms with E-state index in [4.69, 9.17) is 0 Å². The van der Waals surface area contributed by atoms with Crippen molar-refractivity contribution < 1.29 is 0 Å². The number of hydrogen-bond donors (Lipinski definition) is 1. The van der Waals surface area contributed by atoms with Crippen LogP contribution in [0, 0.1) is 5.92 Å². The molecule has 0 saturated carbocycles. The van der Waals surface area contributed by atoms with Crippen molar-refractivity contribution >= 4 is 17.0 Å². The van der Waals surface area contributed by atoms with E-state index in [1.165, 1.54) is 12.8 Å². The molecule has 2 aromatic rings. The van der Waals surface area contributed by atoms with E-state index < -0.39 is 0 Å². The number of fused-ring (bicyclic) bond motifs is 1. The summed E-state index contributed by atoms with van der Waals surface area (Å²) in [6, 6.07) is 7.85. The second-order valence-electron chi connectivity index (χ2n) is 5.17. The van der Waals surface area contributed by atoms with Crippen molar-refractivity contribution in [3.63, 3.8) is 0 Å². The van der Waals surface area contributed by atoms with Gasteiger partial charge in [-0.05, 0) is 44.0 Å². The number of aromatic nitrogens is 3. The average molecular weight is 257 g/mol. The molecular formula is C14H19N5. The molecule has 1 aromatic heterocycles. The molecule has 1 aromatic carbocycles. The number of nitrogens with one attached hydrogen (secondary N) is 1. The minimum atomic E-state index is 0.720. The lowest BCUT2D eigenvalue weighted by Crippen LogP contribution is -2.35. The monoisotopic (exact) mass is 257 g/mol. The molecule has 0 atom stereocenters. The molecule has 0 aliphatic carbocycles. The first kappa shape index (κ1) is 12.3. The van der Waals surface area contributed by atoms with E-state index >= 15 is 0 Å². The molecule has 1 aliphatic rings. The highest BCUT2D eigenvalue weighted by atomic mass is 15.3. The maximum atomic E-state index is 4.58. The number of benzene rings is 1. The normalized spacial score (nSPS) is 16.7. The Balaban J connectivity index is 1.75. The van der Waals surface area contributed by atoms with Crippen molar-refractivity contribution in [1.82, 2.24) is 20.5 Å². The first-order valence-corrected chi connectivity index (χ1v) is 6.84. The summed E-state index contributed by atoms with van der Waals surface area (Å²) in [4.78, 5) is 6.70. The van der Waals surface area contributed by atoms with Gasteiger partial charge >= 0.3 is 0 Å². The summed E-state index contributed by atoms with van der Waals surface area (Å²) in [5, 5.41) is 11.8. The Hall–Kier alpha value is -1.75. The minimum Gasteiger partial charge on any atom is -0.342 e. The molecule has 1 N–H and O–H groups in total. The highest BCUT2D eigenvalue weighted by Gasteiger charge is 2.16. The molecule has 100 valence electrons. The van der Waals surface area contributed by atoms with Gasteiger partial charge in [0, 0.05) is 13.6 Å². The fourth-order valence-corrected chi connectivity index (χ4v) is 2.57. The molecule has 0 bridgehead atoms. The Morgan fingerprint density at radius 3 is 2.68 bits per heavy atom. The zero-order chi connectivity index (χ0) is 13.1. The van der Waals surface area contributed by atoms with Crippen LogP contribution in [0.25, 0.3) is 11.0 Å². The highest BCUT2D eigenvalue weighted by Crippen LogP contribution is 2.16. The topological polar surface area (TPSA) is 53.9 Å². The standard InChI is InChI=1S/C14H19N5/c1-19(10-11-6-8-15-9-7-11)14-16-12-4-2-3-5-13(12)17-18-14/h2-5,11,15H,6-10H2,1H3. The van der Waals surface area contributed by atoms with Gasteiger partial charge in [-0.15, -0.1) is 10.2 Å². The van der Waals surface area contributed by atoms with Crippen LogP contribution in [0.4, 0.5) is 5.95 Å². The molecule has 0 spiro atoms. The number of nitrogens with zero attached hydrogens (tertiary/aromatic N) is 4. The molecule has 1 aliphatic heterocycles. The summed E-state index contributed by atoms with van der Waals surface area (Å²) in [5.41, 5.74) is 1.76. The van der Waals surface area contributed by atoms with E-state index in [0.717, 1.165) is 42.5 Å². The molecule has 0 radical (unpaired) electrons. The summed E-state index contributed by atoms with van der Waals surface area (Å²) in [6.45, 7) is 3.24. The number of piperidine rings is 1. The third-order valence-electron chi connectivity index (χ3n) is 3.68. The highest BCUT2D eigenvalue weighted by molar-refractivity contribution is 5.74. The molecule has 1 saturated heterocycles. The lowest BCUT2D eigenvalue weighted by Gasteiger charge is -2.27. The van der Waals surface area contributed by atoms with Gasteiger partial charge in [0.25, 0.3) is 0 Å². The van der Waals surface area contributed by atoms with E-state index in [1.54, 1.807) is 0 Å². The number of rotatable bonds is 3. The Labute approximate surface area is 113 Å². The van der Waals surface area contributed by atoms with Crippen LogP contribution in [-0.4, -0.2) is 41.9 Å². The van der Waals surface area contributed by atoms with Crippen LogP contribution in [0.15, 0.2) is 24.3 Å². The maximum Gasteiger partial charge on any atom is 0.245 e. The number of hydrogen-bond acceptors (Lipinski definition) is 5. The van der Waals surface area contributed by atoms with Crippen molar-refractivity contribution in [2.75, 3.05) is 31.6 Å². The summed E-state index contributed by atoms with van der Waals surface area (Å²) in [6.07, 6.45) is 2.46. The lowest BCUT2D eigenvalue weighted by molar-refractivity contribution is 0.376. The third kappa shape index (κ3) is 2.81. The van der Waals surface area contributed by atoms with E-state index in [0.29, 0.717) is 0 Å². The molecule has 5 heteroatoms. The first-order chi connectivity index (χ1) is 9.33. The number of anilines is 1. The van der Waals surface area contributed by atoms with E-state index in [-0.39, 0.29) is 0 Å². The Morgan fingerprint density at radius 2 is 1.89 bits per heavy atom. The van der Waals surface area contributed by atoms with Crippen LogP contribution in [0.1, 0.15) is 12.8 Å². The smallest absolute Gasteiger partial charge is 0.245 e. The van der Waals surface area contributed by atoms with Gasteiger partial charge in [-0.3, -0.25) is 0 Å². The Kier molecular flexibility index (Phi) is 3.55. The van der Waals surface area contributed by atoms with Gasteiger partial charge < -0.3 is 10.2 Å². The van der Waals surface area contributed by atoms with Crippen molar-refractivity contribution in [2.24, 2.45) is 5.92 Å². The Bertz CT molecular complexity index is 550. The van der Waals surface area contributed by atoms with Crippen molar-refractivity contribution in [3.05, 3.63) is 24.3 Å². The molecule has 5 nitrogen and oxygen atoms in total. The lowest BCUT2D eigenvalue weighted by atomic mass is 9.98. The molecular weight excluding hydrogens is 238 g/mol. The maximum absolute atomic E-state index is 4.58. The van der Waals surface area contributed by atoms with Crippen molar-refractivity contribution in [2.45, 2.75) is 12.8 Å². The first-order valence-electron chi connectivity index (χ1n) is 6.84. The minimum absolute atomic E-state index is 0.720. The average Bonchev–Trinajstić information content (AvgIpc) is 2.48. The predicted octanol–water partition coefficient (Wildman–Crippen LogP) is 1.46. The van der Waals surface area contributed by atoms with Gasteiger partial charge in [0.15, 0.2) is 0 Å². The SMILES string of the molecule is CN(CC1CCNCC1)c1nnc2ccccc2n1. The van der Waals surface area contributed by atoms with Gasteiger partial charge in [-0.2, -0.15) is 0 Å². The van der Waals surface area contributed by atoms with Gasteiger partial charge in [0.2, 0.25) is 5.95 Å². The van der Waals surface area contributed by atoms with Gasteiger partial charge in [-0.1, -0.05) is 12.1 Å². The largest absolute Gasteiger partial charge is 0.342 e. The van der Waals surface area contributed by atoms with Crippen LogP contribution in [0.2, 0.25) is 0 Å². The zero-order valence-corrected chi connectivity index (χ0v) is 11.2. The molecule has 2 heterocycles. The molecule has 1 fully saturated rings. The van der Waals surface area contributed by atoms with Gasteiger partial charge in [0.05, 0.1) is 5.52 Å².